The molecule has 0 spiro atoms. The number of carbonyl (C=O) groups excluding carboxylic acids is 4. The summed E-state index contributed by atoms with van der Waals surface area (Å²) < 4.78 is 16.9. The summed E-state index contributed by atoms with van der Waals surface area (Å²) >= 11 is 0. The summed E-state index contributed by atoms with van der Waals surface area (Å²) in [5.41, 5.74) is -8.09. The van der Waals surface area contributed by atoms with Gasteiger partial charge in [0, 0.05) is 38.7 Å². The van der Waals surface area contributed by atoms with Gasteiger partial charge in [-0.1, -0.05) is 18.2 Å². The number of Topliss-reactive ketones (excluding diaryl/α,β-unsaturated/α-hetero) is 1. The molecule has 11 nitrogen and oxygen atoms in total. The van der Waals surface area contributed by atoms with Gasteiger partial charge in [-0.25, -0.2) is 4.79 Å². The number of aliphatic hydroxyl groups is 4. The summed E-state index contributed by atoms with van der Waals surface area (Å²) in [4.78, 5) is 50.9. The first kappa shape index (κ1) is 31.6. The molecule has 0 aromatic heterocycles. The van der Waals surface area contributed by atoms with Crippen LogP contribution < -0.4 is 0 Å². The number of fused-ring (bicyclic) bond motifs is 5. The van der Waals surface area contributed by atoms with Crippen molar-refractivity contribution < 1.29 is 53.8 Å². The van der Waals surface area contributed by atoms with Gasteiger partial charge in [0.1, 0.15) is 41.4 Å². The first-order valence-electron chi connectivity index (χ1n) is 14.9. The zero-order chi connectivity index (χ0) is 31.8. The lowest BCUT2D eigenvalue weighted by Crippen LogP contribution is -2.75. The zero-order valence-corrected chi connectivity index (χ0v) is 25.3. The molecule has 9 atom stereocenters. The maximum atomic E-state index is 13.5. The predicted octanol–water partition coefficient (Wildman–Crippen LogP) is 1.60. The number of carbonyl (C=O) groups is 4. The lowest BCUT2D eigenvalue weighted by molar-refractivity contribution is -0.299. The highest BCUT2D eigenvalue weighted by atomic mass is 16.6. The van der Waals surface area contributed by atoms with Crippen LogP contribution in [-0.4, -0.2) is 86.3 Å². The van der Waals surface area contributed by atoms with Gasteiger partial charge in [-0.2, -0.15) is 0 Å². The molecule has 1 aliphatic heterocycles. The predicted molar refractivity (Wildman–Crippen MR) is 150 cm³/mol. The highest BCUT2D eigenvalue weighted by molar-refractivity contribution is 5.92. The molecule has 11 heteroatoms. The van der Waals surface area contributed by atoms with Crippen molar-refractivity contribution in [3.63, 3.8) is 0 Å². The van der Waals surface area contributed by atoms with E-state index in [1.54, 1.807) is 0 Å². The molecule has 43 heavy (non-hydrogen) atoms. The number of ketones is 1. The number of cyclic esters (lactones) is 1. The van der Waals surface area contributed by atoms with Gasteiger partial charge < -0.3 is 34.6 Å². The third kappa shape index (κ3) is 4.14. The monoisotopic (exact) mass is 602 g/mol. The lowest BCUT2D eigenvalue weighted by Gasteiger charge is -2.63. The van der Waals surface area contributed by atoms with Gasteiger partial charge in [-0.3, -0.25) is 14.4 Å². The Morgan fingerprint density at radius 1 is 1.16 bits per heavy atom. The molecule has 4 N–H and O–H groups in total. The second kappa shape index (κ2) is 10.4. The third-order valence-electron chi connectivity index (χ3n) is 11.6. The van der Waals surface area contributed by atoms with Crippen LogP contribution in [0.3, 0.4) is 0 Å². The molecule has 0 amide bonds. The molecule has 2 saturated carbocycles. The van der Waals surface area contributed by atoms with Crippen molar-refractivity contribution in [1.82, 2.24) is 0 Å². The van der Waals surface area contributed by atoms with Crippen LogP contribution in [-0.2, 0) is 33.4 Å². The van der Waals surface area contributed by atoms with E-state index in [1.165, 1.54) is 27.7 Å². The molecular formula is C32H42O11. The van der Waals surface area contributed by atoms with Gasteiger partial charge in [-0.05, 0) is 63.0 Å². The van der Waals surface area contributed by atoms with Crippen LogP contribution in [0.4, 0.5) is 0 Å². The molecule has 2 fully saturated rings. The van der Waals surface area contributed by atoms with Gasteiger partial charge in [0.2, 0.25) is 0 Å². The van der Waals surface area contributed by atoms with Crippen LogP contribution in [0.2, 0.25) is 0 Å². The first-order chi connectivity index (χ1) is 20.0. The van der Waals surface area contributed by atoms with Gasteiger partial charge in [0.25, 0.3) is 0 Å². The fraction of sp³-hybridized carbons (Fsp3) is 0.688. The number of hydrogen-bond donors (Lipinski definition) is 4. The molecule has 1 heterocycles. The van der Waals surface area contributed by atoms with Crippen LogP contribution in [0.1, 0.15) is 73.1 Å². The number of allylic oxidation sites excluding steroid dienone is 4. The van der Waals surface area contributed by atoms with Crippen LogP contribution in [0.15, 0.2) is 34.9 Å². The van der Waals surface area contributed by atoms with E-state index >= 15 is 0 Å². The maximum Gasteiger partial charge on any atom is 0.334 e. The minimum absolute atomic E-state index is 0.00931. The summed E-state index contributed by atoms with van der Waals surface area (Å²) in [6.07, 6.45) is 3.15. The lowest BCUT2D eigenvalue weighted by atomic mass is 9.44. The Labute approximate surface area is 250 Å². The number of rotatable bonds is 6. The molecular weight excluding hydrogens is 560 g/mol. The number of esters is 3. The second-order valence-corrected chi connectivity index (χ2v) is 13.4. The summed E-state index contributed by atoms with van der Waals surface area (Å²) in [5.74, 6) is -3.35. The standard InChI is InChI=1S/C32H42O11/c1-17-20(15-33)13-25(43-27(17)37)29(5,38)31(39)14-26(42-19(3)35)32(40)23-10-9-21-7-6-8-24(36)28(21,4)22(23)11-12-30(31,32)16-41-18(2)34/h6-7,9,22-23,25-26,33,38-40H,8,10-16H2,1-5H3/t22-,23+,25+,26-,28-,29?,30-,31+,32-/m0/s1. The molecule has 0 bridgehead atoms. The fourth-order valence-corrected chi connectivity index (χ4v) is 9.10. The Hall–Kier alpha value is -2.86. The van der Waals surface area contributed by atoms with Crippen molar-refractivity contribution >= 4 is 23.7 Å². The SMILES string of the molecule is CC(=O)OC[C@]12CC[C@H]3[C@@H](CC=C4C=CCC(=O)[C@@]43C)[C@]1(O)[C@@H](OC(C)=O)C[C@@]2(O)C(C)(O)[C@H]1CC(CO)=C(C)C(=O)O1. The smallest absolute Gasteiger partial charge is 0.334 e. The average molecular weight is 603 g/mol. The summed E-state index contributed by atoms with van der Waals surface area (Å²) in [5, 5.41) is 48.2. The van der Waals surface area contributed by atoms with Crippen molar-refractivity contribution in [2.24, 2.45) is 22.7 Å². The molecule has 5 aliphatic rings. The molecule has 0 saturated heterocycles. The average Bonchev–Trinajstić information content (AvgIpc) is 3.13. The van der Waals surface area contributed by atoms with Crippen molar-refractivity contribution in [2.45, 2.75) is 102 Å². The largest absolute Gasteiger partial charge is 0.465 e. The Balaban J connectivity index is 1.70. The molecule has 5 rings (SSSR count). The fourth-order valence-electron chi connectivity index (χ4n) is 9.10. The van der Waals surface area contributed by atoms with Crippen molar-refractivity contribution in [1.29, 1.82) is 0 Å². The zero-order valence-electron chi connectivity index (χ0n) is 25.3. The Morgan fingerprint density at radius 3 is 2.49 bits per heavy atom. The van der Waals surface area contributed by atoms with Gasteiger partial charge >= 0.3 is 17.9 Å². The van der Waals surface area contributed by atoms with Crippen LogP contribution >= 0.6 is 0 Å². The van der Waals surface area contributed by atoms with Crippen molar-refractivity contribution in [3.8, 4) is 0 Å². The van der Waals surface area contributed by atoms with E-state index in [0.717, 1.165) is 5.57 Å². The summed E-state index contributed by atoms with van der Waals surface area (Å²) in [7, 11) is 0. The molecule has 1 unspecified atom stereocenters. The molecule has 0 radical (unpaired) electrons. The first-order valence-corrected chi connectivity index (χ1v) is 14.9. The molecule has 0 aromatic rings. The normalized spacial score (nSPS) is 41.7. The van der Waals surface area contributed by atoms with Gasteiger partial charge in [0.15, 0.2) is 0 Å². The van der Waals surface area contributed by atoms with E-state index < -0.39 is 89.2 Å². The van der Waals surface area contributed by atoms with Gasteiger partial charge in [0.05, 0.1) is 17.4 Å². The number of ether oxygens (including phenoxy) is 3. The topological polar surface area (TPSA) is 177 Å². The highest BCUT2D eigenvalue weighted by Crippen LogP contribution is 2.71. The van der Waals surface area contributed by atoms with Crippen LogP contribution in [0.5, 0.6) is 0 Å². The van der Waals surface area contributed by atoms with Crippen LogP contribution in [0, 0.1) is 22.7 Å². The molecule has 0 aromatic carbocycles. The number of hydrogen-bond acceptors (Lipinski definition) is 11. The maximum absolute atomic E-state index is 13.5. The van der Waals surface area contributed by atoms with Crippen LogP contribution in [0.25, 0.3) is 0 Å². The quantitative estimate of drug-likeness (QED) is 0.257. The third-order valence-corrected chi connectivity index (χ3v) is 11.6. The van der Waals surface area contributed by atoms with Crippen molar-refractivity contribution in [2.75, 3.05) is 13.2 Å². The van der Waals surface area contributed by atoms with E-state index in [-0.39, 0.29) is 37.0 Å². The van der Waals surface area contributed by atoms with Crippen molar-refractivity contribution in [3.05, 3.63) is 34.9 Å². The minimum Gasteiger partial charge on any atom is -0.465 e. The minimum atomic E-state index is -2.34. The van der Waals surface area contributed by atoms with E-state index in [9.17, 15) is 39.6 Å². The Morgan fingerprint density at radius 2 is 1.86 bits per heavy atom. The summed E-state index contributed by atoms with van der Waals surface area (Å²) in [6.45, 7) is 6.00. The van der Waals surface area contributed by atoms with E-state index in [2.05, 4.69) is 0 Å². The van der Waals surface area contributed by atoms with Gasteiger partial charge in [-0.15, -0.1) is 0 Å². The molecule has 236 valence electrons. The van der Waals surface area contributed by atoms with E-state index in [4.69, 9.17) is 14.2 Å². The summed E-state index contributed by atoms with van der Waals surface area (Å²) in [6, 6.07) is 0. The Bertz CT molecular complexity index is 1340. The second-order valence-electron chi connectivity index (χ2n) is 13.4. The van der Waals surface area contributed by atoms with E-state index in [1.807, 2.05) is 25.2 Å². The molecule has 4 aliphatic carbocycles. The Kier molecular flexibility index (Phi) is 7.60. The highest BCUT2D eigenvalue weighted by Gasteiger charge is 2.82. The van der Waals surface area contributed by atoms with E-state index in [0.29, 0.717) is 12.0 Å². The number of aliphatic hydroxyl groups excluding tert-OH is 1.